The number of aromatic nitrogens is 3. The normalized spacial score (nSPS) is 20.0. The van der Waals surface area contributed by atoms with Crippen molar-refractivity contribution >= 4 is 35.1 Å². The van der Waals surface area contributed by atoms with Gasteiger partial charge in [-0.2, -0.15) is 0 Å². The van der Waals surface area contributed by atoms with Crippen LogP contribution in [0.25, 0.3) is 5.65 Å². The van der Waals surface area contributed by atoms with Crippen LogP contribution < -0.4 is 15.0 Å². The number of benzene rings is 2. The molecule has 9 nitrogen and oxygen atoms in total. The molecule has 2 aromatic carbocycles. The maximum absolute atomic E-state index is 14.8. The van der Waals surface area contributed by atoms with E-state index in [0.29, 0.717) is 36.7 Å². The van der Waals surface area contributed by atoms with Crippen molar-refractivity contribution in [2.24, 2.45) is 0 Å². The number of alkyl halides is 1. The van der Waals surface area contributed by atoms with Gasteiger partial charge in [-0.1, -0.05) is 25.5 Å². The molecule has 2 aliphatic rings. The van der Waals surface area contributed by atoms with Crippen LogP contribution in [0.15, 0.2) is 65.7 Å². The van der Waals surface area contributed by atoms with Crippen molar-refractivity contribution < 1.29 is 23.1 Å². The summed E-state index contributed by atoms with van der Waals surface area (Å²) in [6.07, 6.45) is 5.47. The Morgan fingerprint density at radius 2 is 2.00 bits per heavy atom. The monoisotopic (exact) mass is 648 g/mol. The molecule has 3 atom stereocenters. The fourth-order valence-corrected chi connectivity index (χ4v) is 6.93. The summed E-state index contributed by atoms with van der Waals surface area (Å²) in [7, 11) is 0. The third-order valence-corrected chi connectivity index (χ3v) is 9.37. The lowest BCUT2D eigenvalue weighted by Crippen LogP contribution is -2.37. The maximum atomic E-state index is 14.8. The minimum Gasteiger partial charge on any atom is -0.427 e. The topological polar surface area (TPSA) is 92.1 Å². The standard InChI is InChI=1S/C34H38F2N6O3S/c1-3-4-8-33(43)45-26-7-5-6-22(15-26)19-40-14-13-25(21-40)38-34(44)29-18-37-31-11-12-32(39-42(29)31)41-20-24(36)17-28(41)27-16-23(35)9-10-30(27)46-2/h5-7,9-12,15-16,18,24-25,28H,3-4,8,13-14,17,19-21H2,1-2H3,(H,38,44)/t24-,25-,28+/m0/s1. The van der Waals surface area contributed by atoms with Gasteiger partial charge in [0, 0.05) is 43.4 Å². The molecule has 0 radical (unpaired) electrons. The smallest absolute Gasteiger partial charge is 0.311 e. The number of unbranched alkanes of at least 4 members (excludes halogenated alkanes) is 1. The first-order chi connectivity index (χ1) is 22.3. The lowest BCUT2D eigenvalue weighted by Gasteiger charge is -2.27. The van der Waals surface area contributed by atoms with Gasteiger partial charge in [-0.25, -0.2) is 18.3 Å². The van der Waals surface area contributed by atoms with Crippen molar-refractivity contribution in [2.75, 3.05) is 30.8 Å². The molecule has 2 aliphatic heterocycles. The minimum absolute atomic E-state index is 0.0653. The molecule has 2 aromatic heterocycles. The van der Waals surface area contributed by atoms with E-state index in [1.807, 2.05) is 36.3 Å². The number of thioether (sulfide) groups is 1. The Balaban J connectivity index is 1.12. The lowest BCUT2D eigenvalue weighted by molar-refractivity contribution is -0.134. The van der Waals surface area contributed by atoms with Gasteiger partial charge >= 0.3 is 5.97 Å². The number of nitrogens with zero attached hydrogens (tertiary/aromatic N) is 5. The number of likely N-dealkylation sites (tertiary alicyclic amines) is 1. The zero-order chi connectivity index (χ0) is 32.2. The highest BCUT2D eigenvalue weighted by atomic mass is 32.2. The number of rotatable bonds is 11. The Kier molecular flexibility index (Phi) is 9.83. The number of esters is 1. The Labute approximate surface area is 271 Å². The number of hydrogen-bond acceptors (Lipinski definition) is 8. The second-order valence-electron chi connectivity index (χ2n) is 11.9. The number of fused-ring (bicyclic) bond motifs is 1. The van der Waals surface area contributed by atoms with Gasteiger partial charge in [0.25, 0.3) is 5.91 Å². The van der Waals surface area contributed by atoms with Crippen LogP contribution in [0, 0.1) is 5.82 Å². The molecule has 0 spiro atoms. The van der Waals surface area contributed by atoms with Crippen LogP contribution >= 0.6 is 11.8 Å². The third kappa shape index (κ3) is 7.18. The van der Waals surface area contributed by atoms with E-state index in [4.69, 9.17) is 9.84 Å². The molecule has 2 fully saturated rings. The van der Waals surface area contributed by atoms with Crippen molar-refractivity contribution in [1.29, 1.82) is 0 Å². The predicted molar refractivity (Wildman–Crippen MR) is 174 cm³/mol. The molecule has 12 heteroatoms. The zero-order valence-corrected chi connectivity index (χ0v) is 26.8. The van der Waals surface area contributed by atoms with Crippen molar-refractivity contribution in [3.63, 3.8) is 0 Å². The minimum atomic E-state index is -1.10. The van der Waals surface area contributed by atoms with Gasteiger partial charge in [0.1, 0.15) is 23.6 Å². The number of halogens is 2. The zero-order valence-electron chi connectivity index (χ0n) is 26.0. The molecule has 242 valence electrons. The van der Waals surface area contributed by atoms with Gasteiger partial charge in [-0.05, 0) is 72.7 Å². The van der Waals surface area contributed by atoms with Crippen molar-refractivity contribution in [3.05, 3.63) is 83.4 Å². The summed E-state index contributed by atoms with van der Waals surface area (Å²) in [5, 5.41) is 7.85. The van der Waals surface area contributed by atoms with Crippen molar-refractivity contribution in [3.8, 4) is 5.75 Å². The molecule has 0 aliphatic carbocycles. The maximum Gasteiger partial charge on any atom is 0.311 e. The summed E-state index contributed by atoms with van der Waals surface area (Å²) in [4.78, 5) is 34.9. The van der Waals surface area contributed by atoms with Crippen molar-refractivity contribution in [2.45, 2.75) is 68.7 Å². The second-order valence-corrected chi connectivity index (χ2v) is 12.8. The van der Waals surface area contributed by atoms with Gasteiger partial charge in [-0.15, -0.1) is 16.9 Å². The highest BCUT2D eigenvalue weighted by Gasteiger charge is 2.36. The molecule has 4 heterocycles. The average Bonchev–Trinajstić information content (AvgIpc) is 3.78. The quantitative estimate of drug-likeness (QED) is 0.121. The fraction of sp³-hybridized carbons (Fsp3) is 0.412. The molecule has 46 heavy (non-hydrogen) atoms. The van der Waals surface area contributed by atoms with Gasteiger partial charge in [0.05, 0.1) is 18.8 Å². The van der Waals surface area contributed by atoms with E-state index < -0.39 is 12.2 Å². The predicted octanol–water partition coefficient (Wildman–Crippen LogP) is 5.98. The van der Waals surface area contributed by atoms with E-state index in [0.717, 1.165) is 41.8 Å². The number of anilines is 1. The number of carbonyl (C=O) groups excluding carboxylic acids is 2. The molecule has 0 bridgehead atoms. The lowest BCUT2D eigenvalue weighted by atomic mass is 10.0. The summed E-state index contributed by atoms with van der Waals surface area (Å²) in [5.74, 6) is 0.159. The summed E-state index contributed by atoms with van der Waals surface area (Å²) in [6.45, 7) is 4.30. The molecule has 4 aromatic rings. The van der Waals surface area contributed by atoms with E-state index in [9.17, 15) is 18.4 Å². The van der Waals surface area contributed by atoms with Crippen LogP contribution in [0.3, 0.4) is 0 Å². The molecular weight excluding hydrogens is 610 g/mol. The first-order valence-electron chi connectivity index (χ1n) is 15.7. The van der Waals surface area contributed by atoms with E-state index in [1.165, 1.54) is 34.6 Å². The van der Waals surface area contributed by atoms with Gasteiger partial charge in [0.2, 0.25) is 0 Å². The van der Waals surface area contributed by atoms with Crippen molar-refractivity contribution in [1.82, 2.24) is 24.8 Å². The van der Waals surface area contributed by atoms with Crippen LogP contribution in [-0.4, -0.2) is 69.5 Å². The van der Waals surface area contributed by atoms with Crippen LogP contribution in [0.1, 0.15) is 66.7 Å². The SMILES string of the molecule is CCCCC(=O)Oc1cccc(CN2CC[C@H](NC(=O)c3cnc4ccc(N5C[C@@H](F)C[C@@H]5c5cc(F)ccc5SC)nn34)C2)c1. The van der Waals surface area contributed by atoms with Crippen LogP contribution in [0.5, 0.6) is 5.75 Å². The Bertz CT molecular complexity index is 1720. The number of hydrogen-bond donors (Lipinski definition) is 1. The number of imidazole rings is 1. The third-order valence-electron chi connectivity index (χ3n) is 8.55. The van der Waals surface area contributed by atoms with Gasteiger partial charge in [0.15, 0.2) is 11.3 Å². The number of carbonyl (C=O) groups is 2. The molecule has 6 rings (SSSR count). The summed E-state index contributed by atoms with van der Waals surface area (Å²) in [5.41, 5.74) is 2.55. The van der Waals surface area contributed by atoms with E-state index in [2.05, 4.69) is 15.2 Å². The first kappa shape index (κ1) is 31.9. The molecular formula is C34H38F2N6O3S. The Morgan fingerprint density at radius 3 is 2.83 bits per heavy atom. The summed E-state index contributed by atoms with van der Waals surface area (Å²) < 4.78 is 36.1. The van der Waals surface area contributed by atoms with Gasteiger partial charge < -0.3 is 15.0 Å². The molecule has 0 saturated carbocycles. The fourth-order valence-electron chi connectivity index (χ4n) is 6.29. The molecule has 0 unspecified atom stereocenters. The van der Waals surface area contributed by atoms with Crippen LogP contribution in [-0.2, 0) is 11.3 Å². The highest BCUT2D eigenvalue weighted by molar-refractivity contribution is 7.98. The summed E-state index contributed by atoms with van der Waals surface area (Å²) >= 11 is 1.49. The number of ether oxygens (including phenoxy) is 1. The summed E-state index contributed by atoms with van der Waals surface area (Å²) in [6, 6.07) is 15.3. The van der Waals surface area contributed by atoms with E-state index in [1.54, 1.807) is 24.3 Å². The Hall–Kier alpha value is -4.03. The number of nitrogens with one attached hydrogen (secondary N) is 1. The van der Waals surface area contributed by atoms with Crippen LogP contribution in [0.2, 0.25) is 0 Å². The molecule has 2 saturated heterocycles. The second kappa shape index (κ2) is 14.2. The Morgan fingerprint density at radius 1 is 1.13 bits per heavy atom. The number of amides is 1. The molecule has 1 N–H and O–H groups in total. The average molecular weight is 649 g/mol. The first-order valence-corrected chi connectivity index (χ1v) is 17.0. The molecule has 1 amide bonds. The van der Waals surface area contributed by atoms with Gasteiger partial charge in [-0.3, -0.25) is 14.5 Å². The van der Waals surface area contributed by atoms with E-state index >= 15 is 0 Å². The highest BCUT2D eigenvalue weighted by Crippen LogP contribution is 2.40. The van der Waals surface area contributed by atoms with E-state index in [-0.39, 0.29) is 42.4 Å². The van der Waals surface area contributed by atoms with Crippen LogP contribution in [0.4, 0.5) is 14.6 Å². The largest absolute Gasteiger partial charge is 0.427 e.